The Morgan fingerprint density at radius 2 is 2.04 bits per heavy atom. The van der Waals surface area contributed by atoms with E-state index in [9.17, 15) is 0 Å². The van der Waals surface area contributed by atoms with Gasteiger partial charge in [0.1, 0.15) is 5.82 Å². The van der Waals surface area contributed by atoms with Crippen LogP contribution in [0.2, 0.25) is 0 Å². The average molecular weight is 364 g/mol. The summed E-state index contributed by atoms with van der Waals surface area (Å²) < 4.78 is 1.99. The van der Waals surface area contributed by atoms with Gasteiger partial charge in [-0.15, -0.1) is 0 Å². The first-order chi connectivity index (χ1) is 12.8. The third kappa shape index (κ3) is 4.18. The van der Waals surface area contributed by atoms with Crippen LogP contribution >= 0.6 is 0 Å². The number of rotatable bonds is 6. The Balaban J connectivity index is 1.84. The number of anilines is 1. The molecule has 0 aliphatic heterocycles. The largest absolute Gasteiger partial charge is 0.351 e. The highest BCUT2D eigenvalue weighted by molar-refractivity contribution is 5.85. The van der Waals surface area contributed by atoms with Crippen LogP contribution in [-0.2, 0) is 0 Å². The molecule has 2 aromatic heterocycles. The zero-order valence-electron chi connectivity index (χ0n) is 17.0. The normalized spacial score (nSPS) is 17.5. The lowest BCUT2D eigenvalue weighted by Gasteiger charge is -2.42. The summed E-state index contributed by atoms with van der Waals surface area (Å²) in [6.45, 7) is 14.6. The number of hydrogen-bond donors (Lipinski definition) is 1. The van der Waals surface area contributed by atoms with Crippen molar-refractivity contribution in [3.63, 3.8) is 0 Å². The Hall–Kier alpha value is -2.69. The molecule has 1 fully saturated rings. The van der Waals surface area contributed by atoms with Gasteiger partial charge in [-0.05, 0) is 50.2 Å². The maximum atomic E-state index is 4.70. The van der Waals surface area contributed by atoms with Crippen molar-refractivity contribution >= 4 is 17.7 Å². The Kier molecular flexibility index (Phi) is 5.31. The van der Waals surface area contributed by atoms with Gasteiger partial charge in [0.15, 0.2) is 0 Å². The van der Waals surface area contributed by atoms with Crippen molar-refractivity contribution in [3.8, 4) is 0 Å². The van der Waals surface area contributed by atoms with Gasteiger partial charge in [0.25, 0.3) is 0 Å². The molecule has 0 bridgehead atoms. The standard InChI is InChI=1S/C22H29N5/c1-7-17(14-27-10-9-23-16(27)4)19(8-2)20-13-24-21(25-15(20)3)26-18-11-22(5,6)12-18/h7-10,13-14,18H,1,11-12H2,2-6H3,(H,24,25,26)/b17-14+,19-8-. The molecule has 2 heterocycles. The summed E-state index contributed by atoms with van der Waals surface area (Å²) in [5.41, 5.74) is 4.47. The Labute approximate surface area is 162 Å². The first kappa shape index (κ1) is 19.1. The van der Waals surface area contributed by atoms with E-state index in [0.29, 0.717) is 17.4 Å². The maximum Gasteiger partial charge on any atom is 0.223 e. The lowest BCUT2D eigenvalue weighted by atomic mass is 9.68. The SMILES string of the molecule is C=CC(=C\n1ccnc1C)/C(=C/C)c1cnc(NC2CC(C)(C)C2)nc1C. The van der Waals surface area contributed by atoms with Crippen molar-refractivity contribution in [2.75, 3.05) is 5.32 Å². The molecule has 1 N–H and O–H groups in total. The van der Waals surface area contributed by atoms with Crippen LogP contribution in [0.15, 0.2) is 42.9 Å². The molecule has 0 spiro atoms. The summed E-state index contributed by atoms with van der Waals surface area (Å²) in [5, 5.41) is 3.46. The number of aryl methyl sites for hydroxylation is 2. The van der Waals surface area contributed by atoms with Gasteiger partial charge >= 0.3 is 0 Å². The molecule has 5 heteroatoms. The van der Waals surface area contributed by atoms with E-state index < -0.39 is 0 Å². The predicted octanol–water partition coefficient (Wildman–Crippen LogP) is 5.02. The summed E-state index contributed by atoms with van der Waals surface area (Å²) in [4.78, 5) is 13.5. The van der Waals surface area contributed by atoms with Crippen molar-refractivity contribution in [2.24, 2.45) is 5.41 Å². The summed E-state index contributed by atoms with van der Waals surface area (Å²) in [6, 6.07) is 0.472. The topological polar surface area (TPSA) is 55.6 Å². The first-order valence-electron chi connectivity index (χ1n) is 9.44. The van der Waals surface area contributed by atoms with Crippen LogP contribution < -0.4 is 5.32 Å². The predicted molar refractivity (Wildman–Crippen MR) is 112 cm³/mol. The van der Waals surface area contributed by atoms with Crippen molar-refractivity contribution in [2.45, 2.75) is 53.5 Å². The fourth-order valence-electron chi connectivity index (χ4n) is 3.74. The van der Waals surface area contributed by atoms with Crippen molar-refractivity contribution in [3.05, 3.63) is 60.0 Å². The Morgan fingerprint density at radius 1 is 1.30 bits per heavy atom. The summed E-state index contributed by atoms with van der Waals surface area (Å²) >= 11 is 0. The van der Waals surface area contributed by atoms with E-state index in [2.05, 4.69) is 41.8 Å². The molecule has 3 rings (SSSR count). The minimum Gasteiger partial charge on any atom is -0.351 e. The average Bonchev–Trinajstić information content (AvgIpc) is 2.99. The van der Waals surface area contributed by atoms with Crippen LogP contribution in [0.3, 0.4) is 0 Å². The minimum atomic E-state index is 0.430. The highest BCUT2D eigenvalue weighted by Crippen LogP contribution is 2.41. The first-order valence-corrected chi connectivity index (χ1v) is 9.44. The highest BCUT2D eigenvalue weighted by atomic mass is 15.1. The molecule has 1 aliphatic rings. The monoisotopic (exact) mass is 363 g/mol. The number of nitrogens with zero attached hydrogens (tertiary/aromatic N) is 4. The Morgan fingerprint density at radius 3 is 2.56 bits per heavy atom. The van der Waals surface area contributed by atoms with E-state index in [-0.39, 0.29) is 0 Å². The summed E-state index contributed by atoms with van der Waals surface area (Å²) in [5.74, 6) is 1.64. The molecule has 2 aromatic rings. The molecule has 1 aliphatic carbocycles. The third-order valence-electron chi connectivity index (χ3n) is 5.16. The smallest absolute Gasteiger partial charge is 0.223 e. The summed E-state index contributed by atoms with van der Waals surface area (Å²) in [7, 11) is 0. The molecular weight excluding hydrogens is 334 g/mol. The molecule has 0 amide bonds. The van der Waals surface area contributed by atoms with Crippen molar-refractivity contribution in [1.82, 2.24) is 19.5 Å². The van der Waals surface area contributed by atoms with Crippen LogP contribution in [0.1, 0.15) is 50.7 Å². The van der Waals surface area contributed by atoms with Crippen LogP contribution in [0, 0.1) is 19.3 Å². The van der Waals surface area contributed by atoms with E-state index in [1.54, 1.807) is 6.20 Å². The van der Waals surface area contributed by atoms with Gasteiger partial charge in [-0.1, -0.05) is 32.6 Å². The molecule has 1 saturated carbocycles. The zero-order valence-corrected chi connectivity index (χ0v) is 17.0. The molecular formula is C22H29N5. The van der Waals surface area contributed by atoms with Crippen molar-refractivity contribution < 1.29 is 0 Å². The van der Waals surface area contributed by atoms with E-state index in [1.165, 1.54) is 0 Å². The number of aromatic nitrogens is 4. The van der Waals surface area contributed by atoms with Crippen LogP contribution in [0.25, 0.3) is 11.8 Å². The molecule has 27 heavy (non-hydrogen) atoms. The second-order valence-electron chi connectivity index (χ2n) is 7.98. The van der Waals surface area contributed by atoms with E-state index in [1.807, 2.05) is 50.0 Å². The van der Waals surface area contributed by atoms with E-state index in [4.69, 9.17) is 4.98 Å². The van der Waals surface area contributed by atoms with Crippen LogP contribution in [0.5, 0.6) is 0 Å². The van der Waals surface area contributed by atoms with Crippen molar-refractivity contribution in [1.29, 1.82) is 0 Å². The third-order valence-corrected chi connectivity index (χ3v) is 5.16. The molecule has 5 nitrogen and oxygen atoms in total. The molecule has 0 radical (unpaired) electrons. The number of hydrogen-bond acceptors (Lipinski definition) is 4. The zero-order chi connectivity index (χ0) is 19.6. The quantitative estimate of drug-likeness (QED) is 0.732. The van der Waals surface area contributed by atoms with E-state index >= 15 is 0 Å². The molecule has 0 unspecified atom stereocenters. The molecule has 0 aromatic carbocycles. The lowest BCUT2D eigenvalue weighted by molar-refractivity contribution is 0.167. The van der Waals surface area contributed by atoms with Gasteiger partial charge in [0.05, 0.1) is 5.69 Å². The maximum absolute atomic E-state index is 4.70. The van der Waals surface area contributed by atoms with Gasteiger partial charge in [-0.2, -0.15) is 0 Å². The molecule has 0 saturated heterocycles. The lowest BCUT2D eigenvalue weighted by Crippen LogP contribution is -2.41. The summed E-state index contributed by atoms with van der Waals surface area (Å²) in [6.07, 6.45) is 13.9. The fourth-order valence-corrected chi connectivity index (χ4v) is 3.74. The second kappa shape index (κ2) is 7.51. The molecule has 0 atom stereocenters. The number of allylic oxidation sites excluding steroid dienone is 4. The Bertz CT molecular complexity index is 893. The molecule has 142 valence electrons. The highest BCUT2D eigenvalue weighted by Gasteiger charge is 2.36. The van der Waals surface area contributed by atoms with Gasteiger partial charge in [-0.25, -0.2) is 15.0 Å². The fraction of sp³-hybridized carbons (Fsp3) is 0.409. The van der Waals surface area contributed by atoms with Gasteiger partial charge in [0, 0.05) is 36.4 Å². The minimum absolute atomic E-state index is 0.430. The van der Waals surface area contributed by atoms with Crippen LogP contribution in [-0.4, -0.2) is 25.6 Å². The number of nitrogens with one attached hydrogen (secondary N) is 1. The van der Waals surface area contributed by atoms with Gasteiger partial charge in [0.2, 0.25) is 5.95 Å². The van der Waals surface area contributed by atoms with E-state index in [0.717, 1.165) is 41.1 Å². The number of imidazole rings is 1. The van der Waals surface area contributed by atoms with Gasteiger partial charge < -0.3 is 9.88 Å². The second-order valence-corrected chi connectivity index (χ2v) is 7.98. The van der Waals surface area contributed by atoms with Crippen LogP contribution in [0.4, 0.5) is 5.95 Å². The van der Waals surface area contributed by atoms with Gasteiger partial charge in [-0.3, -0.25) is 0 Å².